The van der Waals surface area contributed by atoms with Gasteiger partial charge in [-0.3, -0.25) is 19.3 Å². The summed E-state index contributed by atoms with van der Waals surface area (Å²) in [5, 5.41) is 30.8. The van der Waals surface area contributed by atoms with Gasteiger partial charge in [-0.2, -0.15) is 5.26 Å². The van der Waals surface area contributed by atoms with E-state index in [1.54, 1.807) is 36.5 Å². The van der Waals surface area contributed by atoms with Gasteiger partial charge in [0.25, 0.3) is 11.8 Å². The summed E-state index contributed by atoms with van der Waals surface area (Å²) in [5.41, 5.74) is 2.05. The summed E-state index contributed by atoms with van der Waals surface area (Å²) in [6, 6.07) is 15.8. The fraction of sp³-hybridized carbons (Fsp3) is 0.500. The number of hydrogen-bond donors (Lipinski definition) is 4. The van der Waals surface area contributed by atoms with Gasteiger partial charge in [0, 0.05) is 85.4 Å². The number of anilines is 2. The summed E-state index contributed by atoms with van der Waals surface area (Å²) < 4.78 is 11.8. The highest BCUT2D eigenvalue weighted by Crippen LogP contribution is 2.55. The lowest BCUT2D eigenvalue weighted by Crippen LogP contribution is -2.74. The average molecular weight is 797 g/mol. The van der Waals surface area contributed by atoms with Gasteiger partial charge in [-0.05, 0) is 42.8 Å². The normalized spacial score (nSPS) is 25.8. The molecule has 0 bridgehead atoms. The number of halogens is 1. The van der Waals surface area contributed by atoms with E-state index >= 15 is 0 Å². The van der Waals surface area contributed by atoms with Gasteiger partial charge in [-0.25, -0.2) is 4.98 Å². The molecule has 5 aliphatic rings. The summed E-state index contributed by atoms with van der Waals surface area (Å²) >= 11 is 6.24. The first-order valence-corrected chi connectivity index (χ1v) is 20.0. The predicted molar refractivity (Wildman–Crippen MR) is 213 cm³/mol. The van der Waals surface area contributed by atoms with Gasteiger partial charge in [-0.15, -0.1) is 0 Å². The summed E-state index contributed by atoms with van der Waals surface area (Å²) in [5.74, 6) is 0.0575. The molecule has 2 unspecified atom stereocenters. The average Bonchev–Trinajstić information content (AvgIpc) is 3.44. The molecule has 2 atom stereocenters. The second-order valence-electron chi connectivity index (χ2n) is 17.1. The second kappa shape index (κ2) is 14.8. The Balaban J connectivity index is 0.815. The number of fused-ring (bicyclic) bond motifs is 1. The third kappa shape index (κ3) is 6.84. The van der Waals surface area contributed by atoms with E-state index in [9.17, 15) is 24.8 Å². The lowest BCUT2D eigenvalue weighted by atomic mass is 9.49. The molecule has 1 saturated carbocycles. The topological polar surface area (TPSA) is 172 Å². The number of amides is 3. The zero-order valence-corrected chi connectivity index (χ0v) is 33.4. The van der Waals surface area contributed by atoms with E-state index in [0.717, 1.165) is 44.1 Å². The highest BCUT2D eigenvalue weighted by Gasteiger charge is 2.64. The molecule has 2 aromatic carbocycles. The molecule has 300 valence electrons. The predicted octanol–water partition coefficient (Wildman–Crippen LogP) is 3.95. The molecule has 0 radical (unpaired) electrons. The van der Waals surface area contributed by atoms with Gasteiger partial charge < -0.3 is 40.3 Å². The molecule has 1 aliphatic carbocycles. The molecule has 57 heavy (non-hydrogen) atoms. The van der Waals surface area contributed by atoms with E-state index in [0.29, 0.717) is 65.8 Å². The highest BCUT2D eigenvalue weighted by molar-refractivity contribution is 6.31. The van der Waals surface area contributed by atoms with E-state index in [-0.39, 0.29) is 46.7 Å². The van der Waals surface area contributed by atoms with Crippen LogP contribution in [-0.2, 0) is 9.53 Å². The van der Waals surface area contributed by atoms with Crippen molar-refractivity contribution in [3.8, 4) is 11.8 Å². The Morgan fingerprint density at radius 2 is 1.84 bits per heavy atom. The van der Waals surface area contributed by atoms with E-state index < -0.39 is 11.8 Å². The number of aliphatic hydroxyl groups excluding tert-OH is 1. The third-order valence-corrected chi connectivity index (χ3v) is 13.0. The van der Waals surface area contributed by atoms with Crippen LogP contribution in [0.3, 0.4) is 0 Å². The standard InChI is InChI=1S/C42H49ClN8O6/c1-40(2)38(41(3,4)39(40)57-27-10-8-25(21-44)29(43)20-27)47-35(53)31-11-9-26(22-46-31)50-18-16-49(17-19-50)15-14-45-30-7-5-6-28-34(30)37(55)51(36(28)54)32-12-13-33(52)48-42(32)23-56-24-42/h5-11,20,22,32,37-39,45,55H,12-19,23-24H2,1-4H3,(H,47,53)(H,48,52)/t32?,37?,38-,39-. The zero-order chi connectivity index (χ0) is 40.3. The number of rotatable bonds is 10. The molecule has 4 fully saturated rings. The van der Waals surface area contributed by atoms with Crippen molar-refractivity contribution in [1.29, 1.82) is 5.26 Å². The lowest BCUT2D eigenvalue weighted by Gasteiger charge is -2.63. The molecule has 14 nitrogen and oxygen atoms in total. The number of nitrogens with one attached hydrogen (secondary N) is 3. The van der Waals surface area contributed by atoms with Crippen LogP contribution in [-0.4, -0.2) is 114 Å². The number of carbonyl (C=O) groups excluding carboxylic acids is 3. The van der Waals surface area contributed by atoms with Crippen LogP contribution in [0, 0.1) is 22.2 Å². The van der Waals surface area contributed by atoms with Crippen LogP contribution in [0.15, 0.2) is 54.7 Å². The van der Waals surface area contributed by atoms with Crippen molar-refractivity contribution in [2.75, 3.05) is 62.7 Å². The summed E-state index contributed by atoms with van der Waals surface area (Å²) in [7, 11) is 0. The van der Waals surface area contributed by atoms with Gasteiger partial charge in [0.15, 0.2) is 6.23 Å². The van der Waals surface area contributed by atoms with Crippen molar-refractivity contribution in [2.24, 2.45) is 10.8 Å². The Kier molecular flexibility index (Phi) is 10.1. The van der Waals surface area contributed by atoms with Crippen LogP contribution < -0.4 is 25.6 Å². The minimum Gasteiger partial charge on any atom is -0.489 e. The smallest absolute Gasteiger partial charge is 0.270 e. The van der Waals surface area contributed by atoms with E-state index in [2.05, 4.69) is 64.5 Å². The minimum absolute atomic E-state index is 0.0559. The lowest BCUT2D eigenvalue weighted by molar-refractivity contribution is -0.164. The highest BCUT2D eigenvalue weighted by atomic mass is 35.5. The Morgan fingerprint density at radius 3 is 2.49 bits per heavy atom. The Morgan fingerprint density at radius 1 is 1.09 bits per heavy atom. The Bertz CT molecular complexity index is 2090. The van der Waals surface area contributed by atoms with Gasteiger partial charge in [-0.1, -0.05) is 45.4 Å². The van der Waals surface area contributed by atoms with Crippen molar-refractivity contribution in [3.05, 3.63) is 82.1 Å². The van der Waals surface area contributed by atoms with Gasteiger partial charge in [0.05, 0.1) is 41.7 Å². The third-order valence-electron chi connectivity index (χ3n) is 12.7. The number of nitrogens with zero attached hydrogens (tertiary/aromatic N) is 5. The van der Waals surface area contributed by atoms with Crippen LogP contribution in [0.2, 0.25) is 5.02 Å². The molecule has 4 N–H and O–H groups in total. The molecular weight excluding hydrogens is 748 g/mol. The molecule has 3 saturated heterocycles. The second-order valence-corrected chi connectivity index (χ2v) is 17.5. The quantitative estimate of drug-likeness (QED) is 0.234. The van der Waals surface area contributed by atoms with Gasteiger partial charge in [0.2, 0.25) is 5.91 Å². The first kappa shape index (κ1) is 38.9. The fourth-order valence-electron chi connectivity index (χ4n) is 9.93. The number of piperidine rings is 1. The number of carbonyl (C=O) groups is 3. The summed E-state index contributed by atoms with van der Waals surface area (Å²) in [6.45, 7) is 13.6. The van der Waals surface area contributed by atoms with E-state index in [1.807, 2.05) is 18.2 Å². The van der Waals surface area contributed by atoms with Crippen molar-refractivity contribution >= 4 is 40.7 Å². The molecule has 15 heteroatoms. The molecule has 3 amide bonds. The monoisotopic (exact) mass is 796 g/mol. The number of aliphatic hydroxyl groups is 1. The summed E-state index contributed by atoms with van der Waals surface area (Å²) in [4.78, 5) is 50.0. The van der Waals surface area contributed by atoms with Crippen molar-refractivity contribution in [2.45, 2.75) is 70.5 Å². The van der Waals surface area contributed by atoms with Gasteiger partial charge >= 0.3 is 0 Å². The Hall–Kier alpha value is -4.94. The number of pyridine rings is 1. The van der Waals surface area contributed by atoms with Gasteiger partial charge in [0.1, 0.15) is 29.2 Å². The molecule has 4 aliphatic heterocycles. The van der Waals surface area contributed by atoms with Crippen LogP contribution >= 0.6 is 11.6 Å². The zero-order valence-electron chi connectivity index (χ0n) is 32.7. The minimum atomic E-state index is -1.12. The van der Waals surface area contributed by atoms with Crippen molar-refractivity contribution < 1.29 is 29.0 Å². The van der Waals surface area contributed by atoms with Crippen LogP contribution in [0.1, 0.15) is 78.7 Å². The van der Waals surface area contributed by atoms with Crippen LogP contribution in [0.4, 0.5) is 11.4 Å². The number of piperazine rings is 1. The first-order chi connectivity index (χ1) is 27.2. The van der Waals surface area contributed by atoms with E-state index in [4.69, 9.17) is 21.1 Å². The van der Waals surface area contributed by atoms with Crippen LogP contribution in [0.25, 0.3) is 0 Å². The molecule has 1 aromatic heterocycles. The molecule has 3 aromatic rings. The summed E-state index contributed by atoms with van der Waals surface area (Å²) in [6.07, 6.45) is 1.21. The molecule has 8 rings (SSSR count). The molecular formula is C42H49ClN8O6. The number of nitriles is 1. The first-order valence-electron chi connectivity index (χ1n) is 19.6. The Labute approximate surface area is 337 Å². The van der Waals surface area contributed by atoms with Crippen molar-refractivity contribution in [3.63, 3.8) is 0 Å². The maximum absolute atomic E-state index is 13.6. The molecule has 1 spiro atoms. The molecule has 5 heterocycles. The fourth-order valence-corrected chi connectivity index (χ4v) is 10.1. The number of ether oxygens (including phenoxy) is 2. The van der Waals surface area contributed by atoms with E-state index in [1.165, 1.54) is 4.90 Å². The van der Waals surface area contributed by atoms with Crippen LogP contribution in [0.5, 0.6) is 5.75 Å². The maximum Gasteiger partial charge on any atom is 0.270 e. The SMILES string of the molecule is CC1(C)[C@H](NC(=O)c2ccc(N3CCN(CCNc4cccc5c4C(O)N(C4CCC(=O)NC46COC6)C5=O)CC3)cn2)C(C)(C)[C@H]1Oc1ccc(C#N)c(Cl)c1. The maximum atomic E-state index is 13.6. The largest absolute Gasteiger partial charge is 0.489 e. The number of aromatic nitrogens is 1. The number of hydrogen-bond acceptors (Lipinski definition) is 11. The van der Waals surface area contributed by atoms with Crippen molar-refractivity contribution in [1.82, 2.24) is 25.4 Å². The number of benzene rings is 2.